The summed E-state index contributed by atoms with van der Waals surface area (Å²) in [5.74, 6) is -0.229. The number of anilines is 1. The zero-order chi connectivity index (χ0) is 16.2. The number of benzene rings is 1. The summed E-state index contributed by atoms with van der Waals surface area (Å²) in [6.45, 7) is 9.85. The standard InChI is InChI=1S/C19H27NO2/c1-5-11-19(3,4)14-9-10-15-16(18(21)22-6-2)8-7-12-20-17(15)13-14/h8-10,13,20H,5-7,11-12H2,1-4H3. The van der Waals surface area contributed by atoms with Gasteiger partial charge in [-0.25, -0.2) is 4.79 Å². The summed E-state index contributed by atoms with van der Waals surface area (Å²) in [5, 5.41) is 3.45. The average Bonchev–Trinajstić information content (AvgIpc) is 2.69. The van der Waals surface area contributed by atoms with Gasteiger partial charge in [-0.1, -0.05) is 45.4 Å². The highest BCUT2D eigenvalue weighted by Gasteiger charge is 2.23. The molecule has 0 unspecified atom stereocenters. The van der Waals surface area contributed by atoms with E-state index in [4.69, 9.17) is 4.74 Å². The van der Waals surface area contributed by atoms with E-state index in [0.29, 0.717) is 12.2 Å². The number of ether oxygens (including phenoxy) is 1. The number of carbonyl (C=O) groups excluding carboxylic acids is 1. The van der Waals surface area contributed by atoms with Gasteiger partial charge in [0.15, 0.2) is 0 Å². The molecule has 1 aromatic rings. The van der Waals surface area contributed by atoms with E-state index in [1.807, 2.05) is 13.0 Å². The van der Waals surface area contributed by atoms with Crippen molar-refractivity contribution in [2.24, 2.45) is 0 Å². The van der Waals surface area contributed by atoms with Crippen LogP contribution in [0.5, 0.6) is 0 Å². The van der Waals surface area contributed by atoms with Crippen molar-refractivity contribution in [3.05, 3.63) is 35.4 Å². The first-order chi connectivity index (χ1) is 10.5. The molecular formula is C19H27NO2. The molecule has 0 aromatic heterocycles. The molecule has 0 saturated carbocycles. The second kappa shape index (κ2) is 6.99. The predicted molar refractivity (Wildman–Crippen MR) is 92.1 cm³/mol. The normalized spacial score (nSPS) is 14.5. The van der Waals surface area contributed by atoms with Crippen LogP contribution in [0.4, 0.5) is 5.69 Å². The molecule has 0 radical (unpaired) electrons. The van der Waals surface area contributed by atoms with Crippen LogP contribution in [0.2, 0.25) is 0 Å². The van der Waals surface area contributed by atoms with Crippen LogP contribution in [-0.4, -0.2) is 19.1 Å². The second-order valence-electron chi connectivity index (χ2n) is 6.45. The Bertz CT molecular complexity index is 573. The fourth-order valence-corrected chi connectivity index (χ4v) is 3.05. The molecule has 1 aromatic carbocycles. The van der Waals surface area contributed by atoms with Gasteiger partial charge in [-0.3, -0.25) is 0 Å². The zero-order valence-corrected chi connectivity index (χ0v) is 14.2. The summed E-state index contributed by atoms with van der Waals surface area (Å²) >= 11 is 0. The van der Waals surface area contributed by atoms with E-state index < -0.39 is 0 Å². The van der Waals surface area contributed by atoms with E-state index in [1.54, 1.807) is 0 Å². The van der Waals surface area contributed by atoms with Gasteiger partial charge in [0, 0.05) is 17.8 Å². The van der Waals surface area contributed by atoms with Crippen molar-refractivity contribution >= 4 is 17.2 Å². The van der Waals surface area contributed by atoms with Crippen LogP contribution in [-0.2, 0) is 14.9 Å². The molecule has 0 bridgehead atoms. The summed E-state index contributed by atoms with van der Waals surface area (Å²) in [4.78, 5) is 12.2. The van der Waals surface area contributed by atoms with Gasteiger partial charge in [-0.2, -0.15) is 0 Å². The van der Waals surface area contributed by atoms with Gasteiger partial charge in [0.05, 0.1) is 12.2 Å². The van der Waals surface area contributed by atoms with Crippen molar-refractivity contribution in [2.75, 3.05) is 18.5 Å². The number of fused-ring (bicyclic) bond motifs is 1. The van der Waals surface area contributed by atoms with Crippen LogP contribution >= 0.6 is 0 Å². The molecule has 3 nitrogen and oxygen atoms in total. The lowest BCUT2D eigenvalue weighted by molar-refractivity contribution is -0.136. The number of rotatable bonds is 5. The number of hydrogen-bond acceptors (Lipinski definition) is 3. The third-order valence-electron chi connectivity index (χ3n) is 4.27. The van der Waals surface area contributed by atoms with Crippen molar-refractivity contribution in [1.29, 1.82) is 0 Å². The molecular weight excluding hydrogens is 274 g/mol. The molecule has 0 aliphatic carbocycles. The Labute approximate surface area is 133 Å². The molecule has 22 heavy (non-hydrogen) atoms. The highest BCUT2D eigenvalue weighted by molar-refractivity contribution is 6.18. The maximum atomic E-state index is 12.2. The molecule has 1 aliphatic rings. The lowest BCUT2D eigenvalue weighted by Gasteiger charge is -2.26. The molecule has 1 aliphatic heterocycles. The molecule has 0 fully saturated rings. The van der Waals surface area contributed by atoms with Crippen molar-refractivity contribution < 1.29 is 9.53 Å². The summed E-state index contributed by atoms with van der Waals surface area (Å²) in [6.07, 6.45) is 5.11. The smallest absolute Gasteiger partial charge is 0.338 e. The highest BCUT2D eigenvalue weighted by atomic mass is 16.5. The number of carbonyl (C=O) groups is 1. The van der Waals surface area contributed by atoms with Gasteiger partial charge >= 0.3 is 5.97 Å². The fraction of sp³-hybridized carbons (Fsp3) is 0.526. The molecule has 0 saturated heterocycles. The molecule has 1 heterocycles. The maximum Gasteiger partial charge on any atom is 0.338 e. The van der Waals surface area contributed by atoms with E-state index >= 15 is 0 Å². The topological polar surface area (TPSA) is 38.3 Å². The molecule has 0 spiro atoms. The van der Waals surface area contributed by atoms with E-state index in [2.05, 4.69) is 44.3 Å². The van der Waals surface area contributed by atoms with E-state index in [9.17, 15) is 4.79 Å². The largest absolute Gasteiger partial charge is 0.462 e. The predicted octanol–water partition coefficient (Wildman–Crippen LogP) is 4.53. The Morgan fingerprint density at radius 2 is 2.09 bits per heavy atom. The summed E-state index contributed by atoms with van der Waals surface area (Å²) in [7, 11) is 0. The van der Waals surface area contributed by atoms with Gasteiger partial charge < -0.3 is 10.1 Å². The van der Waals surface area contributed by atoms with Gasteiger partial charge in [0.2, 0.25) is 0 Å². The molecule has 2 rings (SSSR count). The average molecular weight is 301 g/mol. The molecule has 3 heteroatoms. The summed E-state index contributed by atoms with van der Waals surface area (Å²) in [5.41, 5.74) is 4.13. The van der Waals surface area contributed by atoms with Crippen LogP contribution in [0.3, 0.4) is 0 Å². The second-order valence-corrected chi connectivity index (χ2v) is 6.45. The summed E-state index contributed by atoms with van der Waals surface area (Å²) in [6, 6.07) is 6.40. The van der Waals surface area contributed by atoms with Crippen molar-refractivity contribution in [1.82, 2.24) is 0 Å². The lowest BCUT2D eigenvalue weighted by Crippen LogP contribution is -2.17. The van der Waals surface area contributed by atoms with E-state index in [-0.39, 0.29) is 11.4 Å². The SMILES string of the molecule is CCCC(C)(C)c1ccc2c(c1)NCCC=C2C(=O)OCC. The third-order valence-corrected chi connectivity index (χ3v) is 4.27. The molecule has 0 atom stereocenters. The van der Waals surface area contributed by atoms with Crippen molar-refractivity contribution in [3.63, 3.8) is 0 Å². The minimum absolute atomic E-state index is 0.144. The molecule has 0 amide bonds. The van der Waals surface area contributed by atoms with Crippen LogP contribution < -0.4 is 5.32 Å². The summed E-state index contributed by atoms with van der Waals surface area (Å²) < 4.78 is 5.19. The Balaban J connectivity index is 2.39. The van der Waals surface area contributed by atoms with E-state index in [0.717, 1.165) is 37.1 Å². The highest BCUT2D eigenvalue weighted by Crippen LogP contribution is 2.35. The van der Waals surface area contributed by atoms with Crippen LogP contribution in [0, 0.1) is 0 Å². The van der Waals surface area contributed by atoms with Crippen LogP contribution in [0.25, 0.3) is 5.57 Å². The first kappa shape index (κ1) is 16.6. The van der Waals surface area contributed by atoms with Gasteiger partial charge in [-0.15, -0.1) is 0 Å². The monoisotopic (exact) mass is 301 g/mol. The molecule has 120 valence electrons. The number of esters is 1. The van der Waals surface area contributed by atoms with Crippen LogP contribution in [0.15, 0.2) is 24.3 Å². The van der Waals surface area contributed by atoms with Gasteiger partial charge in [-0.05, 0) is 36.8 Å². The Morgan fingerprint density at radius 3 is 2.77 bits per heavy atom. The quantitative estimate of drug-likeness (QED) is 0.812. The van der Waals surface area contributed by atoms with Crippen molar-refractivity contribution in [3.8, 4) is 0 Å². The van der Waals surface area contributed by atoms with Gasteiger partial charge in [0.25, 0.3) is 0 Å². The lowest BCUT2D eigenvalue weighted by atomic mass is 9.80. The first-order valence-corrected chi connectivity index (χ1v) is 8.25. The third kappa shape index (κ3) is 3.52. The van der Waals surface area contributed by atoms with Crippen LogP contribution in [0.1, 0.15) is 58.1 Å². The minimum Gasteiger partial charge on any atom is -0.462 e. The van der Waals surface area contributed by atoms with E-state index in [1.165, 1.54) is 5.56 Å². The Kier molecular flexibility index (Phi) is 5.28. The minimum atomic E-state index is -0.229. The van der Waals surface area contributed by atoms with Crippen molar-refractivity contribution in [2.45, 2.75) is 52.4 Å². The zero-order valence-electron chi connectivity index (χ0n) is 14.2. The Hall–Kier alpha value is -1.77. The maximum absolute atomic E-state index is 12.2. The molecule has 1 N–H and O–H groups in total. The Morgan fingerprint density at radius 1 is 1.32 bits per heavy atom. The fourth-order valence-electron chi connectivity index (χ4n) is 3.05. The number of hydrogen-bond donors (Lipinski definition) is 1. The van der Waals surface area contributed by atoms with Gasteiger partial charge in [0.1, 0.15) is 0 Å². The first-order valence-electron chi connectivity index (χ1n) is 8.25. The number of nitrogens with one attached hydrogen (secondary N) is 1.